The van der Waals surface area contributed by atoms with E-state index >= 15 is 0 Å². The van der Waals surface area contributed by atoms with Crippen LogP contribution >= 0.6 is 11.6 Å². The lowest BCUT2D eigenvalue weighted by molar-refractivity contribution is -0.203. The van der Waals surface area contributed by atoms with Gasteiger partial charge in [0.25, 0.3) is 0 Å². The summed E-state index contributed by atoms with van der Waals surface area (Å²) in [5, 5.41) is 0.281. The van der Waals surface area contributed by atoms with E-state index in [1.54, 1.807) is 30.3 Å². The van der Waals surface area contributed by atoms with Crippen molar-refractivity contribution in [3.63, 3.8) is 0 Å². The van der Waals surface area contributed by atoms with Crippen molar-refractivity contribution in [1.82, 2.24) is 4.90 Å². The Morgan fingerprint density at radius 1 is 1.23 bits per heavy atom. The second kappa shape index (κ2) is 6.60. The number of hydrogen-bond acceptors (Lipinski definition) is 5. The van der Waals surface area contributed by atoms with Gasteiger partial charge in [0.2, 0.25) is 0 Å². The van der Waals surface area contributed by atoms with Crippen molar-refractivity contribution >= 4 is 29.2 Å². The summed E-state index contributed by atoms with van der Waals surface area (Å²) in [6.45, 7) is 1.18. The smallest absolute Gasteiger partial charge is 0.445 e. The number of benzene rings is 1. The molecule has 0 bridgehead atoms. The molecule has 1 aromatic carbocycles. The first kappa shape index (κ1) is 18.2. The van der Waals surface area contributed by atoms with Crippen LogP contribution in [0, 0.1) is 0 Å². The molecule has 2 aliphatic rings. The zero-order chi connectivity index (χ0) is 18.9. The molecular weight excluding hydrogens is 371 g/mol. The van der Waals surface area contributed by atoms with Crippen LogP contribution in [0.3, 0.4) is 0 Å². The number of nitrogens with zero attached hydrogens (tertiary/aromatic N) is 3. The van der Waals surface area contributed by atoms with Gasteiger partial charge in [-0.15, -0.1) is 0 Å². The summed E-state index contributed by atoms with van der Waals surface area (Å²) < 4.78 is 46.3. The number of allylic oxidation sites excluding steroid dienone is 2. The molecule has 5 nitrogen and oxygen atoms in total. The molecule has 0 unspecified atom stereocenters. The second-order valence-electron chi connectivity index (χ2n) is 5.38. The molecule has 2 aliphatic heterocycles. The number of carbonyl (C=O) groups excluding carboxylic acids is 1. The summed E-state index contributed by atoms with van der Waals surface area (Å²) in [6.07, 6.45) is -1.02. The Labute approximate surface area is 152 Å². The van der Waals surface area contributed by atoms with Crippen LogP contribution in [0.4, 0.5) is 13.2 Å². The van der Waals surface area contributed by atoms with Crippen molar-refractivity contribution in [1.29, 1.82) is 0 Å². The normalized spacial score (nSPS) is 22.2. The highest BCUT2D eigenvalue weighted by Crippen LogP contribution is 2.40. The van der Waals surface area contributed by atoms with Gasteiger partial charge in [-0.05, 0) is 19.1 Å². The van der Waals surface area contributed by atoms with Gasteiger partial charge in [0, 0.05) is 11.8 Å². The molecule has 0 saturated heterocycles. The number of hydrogen-bond donors (Lipinski definition) is 0. The highest BCUT2D eigenvalue weighted by molar-refractivity contribution is 6.32. The molecule has 0 fully saturated rings. The molecule has 1 atom stereocenters. The maximum atomic E-state index is 13.9. The zero-order valence-corrected chi connectivity index (χ0v) is 14.3. The average Bonchev–Trinajstić information content (AvgIpc) is 2.60. The quantitative estimate of drug-likeness (QED) is 0.749. The van der Waals surface area contributed by atoms with Crippen LogP contribution in [0.25, 0.3) is 0 Å². The van der Waals surface area contributed by atoms with Crippen molar-refractivity contribution < 1.29 is 22.7 Å². The highest BCUT2D eigenvalue weighted by Gasteiger charge is 2.65. The number of rotatable bonds is 3. The van der Waals surface area contributed by atoms with E-state index < -0.39 is 17.8 Å². The molecule has 136 valence electrons. The molecule has 3 rings (SSSR count). The molecule has 9 heteroatoms. The molecule has 0 spiro atoms. The number of halogens is 4. The third kappa shape index (κ3) is 3.01. The fourth-order valence-electron chi connectivity index (χ4n) is 2.48. The van der Waals surface area contributed by atoms with Crippen molar-refractivity contribution in [3.05, 3.63) is 59.3 Å². The van der Waals surface area contributed by atoms with Gasteiger partial charge in [0.05, 0.1) is 11.6 Å². The van der Waals surface area contributed by atoms with E-state index in [2.05, 4.69) is 14.7 Å². The van der Waals surface area contributed by atoms with Gasteiger partial charge in [-0.1, -0.05) is 41.9 Å². The Bertz CT molecular complexity index is 847. The lowest BCUT2D eigenvalue weighted by atomic mass is 10.1. The van der Waals surface area contributed by atoms with Gasteiger partial charge in [-0.2, -0.15) is 13.2 Å². The van der Waals surface area contributed by atoms with Crippen molar-refractivity contribution in [3.8, 4) is 0 Å². The van der Waals surface area contributed by atoms with Crippen LogP contribution in [-0.2, 0) is 9.53 Å². The Morgan fingerprint density at radius 3 is 2.54 bits per heavy atom. The molecule has 1 aromatic rings. The number of fused-ring (bicyclic) bond motifs is 1. The van der Waals surface area contributed by atoms with E-state index in [4.69, 9.17) is 11.6 Å². The minimum Gasteiger partial charge on any atom is -0.462 e. The summed E-state index contributed by atoms with van der Waals surface area (Å²) in [4.78, 5) is 20.9. The molecule has 0 radical (unpaired) electrons. The Kier molecular flexibility index (Phi) is 4.62. The minimum atomic E-state index is -5.09. The van der Waals surface area contributed by atoms with Gasteiger partial charge < -0.3 is 4.74 Å². The lowest BCUT2D eigenvalue weighted by Gasteiger charge is -2.36. The van der Waals surface area contributed by atoms with E-state index in [-0.39, 0.29) is 23.3 Å². The van der Waals surface area contributed by atoms with E-state index in [0.717, 1.165) is 0 Å². The van der Waals surface area contributed by atoms with Crippen LogP contribution in [0.2, 0.25) is 0 Å². The van der Waals surface area contributed by atoms with Crippen molar-refractivity contribution in [2.45, 2.75) is 18.8 Å². The standard InChI is InChI=1S/C17H13ClF3N3O2/c1-2-26-15(25)16(17(19,20)21)22-13-9-8-12(18)10-24(13)14(23-16)11-6-4-3-5-7-11/h3-10H,2H2,1H3/t16-/m1/s1. The first-order chi connectivity index (χ1) is 12.3. The van der Waals surface area contributed by atoms with E-state index in [0.29, 0.717) is 5.56 Å². The number of ether oxygens (including phenoxy) is 1. The van der Waals surface area contributed by atoms with Gasteiger partial charge in [0.15, 0.2) is 0 Å². The monoisotopic (exact) mass is 383 g/mol. The lowest BCUT2D eigenvalue weighted by Crippen LogP contribution is -2.56. The summed E-state index contributed by atoms with van der Waals surface area (Å²) in [5.74, 6) is -1.81. The van der Waals surface area contributed by atoms with Gasteiger partial charge in [-0.25, -0.2) is 14.8 Å². The summed E-state index contributed by atoms with van der Waals surface area (Å²) >= 11 is 5.97. The minimum absolute atomic E-state index is 0.108. The SMILES string of the molecule is CCOC(=O)[C@@]1(C(F)(F)F)N=C2C=CC(Cl)=CN2C(c2ccccc2)=N1. The van der Waals surface area contributed by atoms with Gasteiger partial charge in [-0.3, -0.25) is 4.90 Å². The molecule has 0 aromatic heterocycles. The molecule has 0 aliphatic carbocycles. The molecule has 0 saturated carbocycles. The number of alkyl halides is 3. The van der Waals surface area contributed by atoms with Crippen molar-refractivity contribution in [2.24, 2.45) is 9.98 Å². The first-order valence-electron chi connectivity index (χ1n) is 7.62. The van der Waals surface area contributed by atoms with Crippen LogP contribution in [0.5, 0.6) is 0 Å². The number of esters is 1. The predicted octanol–water partition coefficient (Wildman–Crippen LogP) is 3.62. The molecular formula is C17H13ClF3N3O2. The van der Waals surface area contributed by atoms with E-state index in [1.807, 2.05) is 0 Å². The maximum Gasteiger partial charge on any atom is 0.445 e. The average molecular weight is 384 g/mol. The zero-order valence-electron chi connectivity index (χ0n) is 13.5. The van der Waals surface area contributed by atoms with Crippen LogP contribution in [0.15, 0.2) is 63.7 Å². The van der Waals surface area contributed by atoms with E-state index in [9.17, 15) is 18.0 Å². The summed E-state index contributed by atoms with van der Waals surface area (Å²) in [7, 11) is 0. The second-order valence-corrected chi connectivity index (χ2v) is 5.82. The van der Waals surface area contributed by atoms with E-state index in [1.165, 1.54) is 30.2 Å². The number of aliphatic imine (C=N–C) groups is 2. The van der Waals surface area contributed by atoms with Gasteiger partial charge >= 0.3 is 17.8 Å². The molecule has 26 heavy (non-hydrogen) atoms. The highest BCUT2D eigenvalue weighted by atomic mass is 35.5. The first-order valence-corrected chi connectivity index (χ1v) is 8.00. The fraction of sp³-hybridized carbons (Fsp3) is 0.235. The largest absolute Gasteiger partial charge is 0.462 e. The maximum absolute atomic E-state index is 13.9. The molecule has 0 N–H and O–H groups in total. The Hall–Kier alpha value is -2.61. The van der Waals surface area contributed by atoms with Crippen LogP contribution in [0.1, 0.15) is 12.5 Å². The third-order valence-corrected chi connectivity index (χ3v) is 3.87. The summed E-state index contributed by atoms with van der Waals surface area (Å²) in [5.41, 5.74) is -3.00. The van der Waals surface area contributed by atoms with Crippen LogP contribution in [-0.4, -0.2) is 41.0 Å². The number of carbonyl (C=O) groups is 1. The summed E-state index contributed by atoms with van der Waals surface area (Å²) in [6, 6.07) is 8.16. The third-order valence-electron chi connectivity index (χ3n) is 3.65. The van der Waals surface area contributed by atoms with Crippen molar-refractivity contribution in [2.75, 3.05) is 6.61 Å². The Balaban J connectivity index is 2.25. The topological polar surface area (TPSA) is 54.3 Å². The molecule has 2 heterocycles. The Morgan fingerprint density at radius 2 is 1.92 bits per heavy atom. The molecule has 0 amide bonds. The fourth-order valence-corrected chi connectivity index (χ4v) is 2.64. The van der Waals surface area contributed by atoms with Gasteiger partial charge in [0.1, 0.15) is 11.7 Å². The van der Waals surface area contributed by atoms with Crippen LogP contribution < -0.4 is 0 Å². The number of amidine groups is 2. The predicted molar refractivity (Wildman–Crippen MR) is 90.7 cm³/mol.